The first-order valence-electron chi connectivity index (χ1n) is 9.62. The van der Waals surface area contributed by atoms with E-state index in [-0.39, 0.29) is 27.0 Å². The molecule has 1 fully saturated rings. The average molecular weight is 448 g/mol. The molecule has 1 N–H and O–H groups in total. The number of aliphatic hydroxyl groups is 1. The Balaban J connectivity index is 1.98. The molecule has 1 heterocycles. The number of cyclic esters (lactones) is 1. The number of carbonyl (C=O) groups excluding carboxylic acids is 1. The molecule has 3 atom stereocenters. The fraction of sp³-hybridized carbons (Fsp3) is 0.409. The van der Waals surface area contributed by atoms with Crippen LogP contribution in [0.3, 0.4) is 0 Å². The van der Waals surface area contributed by atoms with Crippen molar-refractivity contribution >= 4 is 38.6 Å². The second-order valence-electron chi connectivity index (χ2n) is 7.66. The van der Waals surface area contributed by atoms with E-state index in [1.807, 2.05) is 19.1 Å². The third-order valence-corrected chi connectivity index (χ3v) is 15.8. The fourth-order valence-electron chi connectivity index (χ4n) is 3.70. The minimum atomic E-state index is -1.89. The number of hydrogen-bond acceptors (Lipinski definition) is 3. The monoisotopic (exact) mass is 448 g/mol. The summed E-state index contributed by atoms with van der Waals surface area (Å²) >= 11 is 0.119. The van der Waals surface area contributed by atoms with Gasteiger partial charge in [-0.2, -0.15) is 0 Å². The van der Waals surface area contributed by atoms with E-state index in [9.17, 15) is 9.90 Å². The van der Waals surface area contributed by atoms with E-state index in [1.54, 1.807) is 0 Å². The summed E-state index contributed by atoms with van der Waals surface area (Å²) in [4.78, 5) is 11.9. The van der Waals surface area contributed by atoms with Gasteiger partial charge in [0.1, 0.15) is 0 Å². The first kappa shape index (κ1) is 20.3. The van der Waals surface area contributed by atoms with E-state index < -0.39 is 14.2 Å². The van der Waals surface area contributed by atoms with Gasteiger partial charge in [0, 0.05) is 0 Å². The summed E-state index contributed by atoms with van der Waals surface area (Å²) in [5, 5.41) is 11.9. The number of rotatable bonds is 7. The van der Waals surface area contributed by atoms with Gasteiger partial charge in [-0.15, -0.1) is 0 Å². The van der Waals surface area contributed by atoms with Crippen molar-refractivity contribution in [1.29, 1.82) is 0 Å². The molecule has 0 radical (unpaired) electrons. The number of esters is 1. The zero-order valence-electron chi connectivity index (χ0n) is 16.2. The average Bonchev–Trinajstić information content (AvgIpc) is 3.12. The van der Waals surface area contributed by atoms with E-state index in [0.29, 0.717) is 17.3 Å². The SMILES string of the molecule is CC[C@H](O)c1ccccc1[Se][C@H]([C@H]1CCC(=O)O1)[Si](C)(C)c1ccccc1. The standard InChI is InChI=1S/C22H28O3SeSi/c1-4-18(23)17-12-8-9-13-20(17)26-22(19-14-15-21(24)25-19)27(2,3)16-10-6-5-7-11-16/h5-13,18-19,22-23H,4,14-15H2,1-3H3/t18-,19+,22-/m0/s1. The van der Waals surface area contributed by atoms with E-state index in [2.05, 4.69) is 55.6 Å². The Kier molecular flexibility index (Phi) is 6.59. The molecule has 0 unspecified atom stereocenters. The quantitative estimate of drug-likeness (QED) is 0.524. The summed E-state index contributed by atoms with van der Waals surface area (Å²) in [7, 11) is -1.89. The van der Waals surface area contributed by atoms with E-state index in [1.165, 1.54) is 9.65 Å². The van der Waals surface area contributed by atoms with Gasteiger partial charge >= 0.3 is 169 Å². The van der Waals surface area contributed by atoms with Crippen LogP contribution in [0.4, 0.5) is 0 Å². The van der Waals surface area contributed by atoms with Crippen LogP contribution in [-0.4, -0.2) is 40.2 Å². The summed E-state index contributed by atoms with van der Waals surface area (Å²) < 4.78 is 7.36. The van der Waals surface area contributed by atoms with Crippen LogP contribution in [0.25, 0.3) is 0 Å². The van der Waals surface area contributed by atoms with Crippen molar-refractivity contribution in [3.63, 3.8) is 0 Å². The summed E-state index contributed by atoms with van der Waals surface area (Å²) in [5.74, 6) is -0.0689. The van der Waals surface area contributed by atoms with Gasteiger partial charge in [-0.25, -0.2) is 0 Å². The summed E-state index contributed by atoms with van der Waals surface area (Å²) in [6.07, 6.45) is 1.60. The Labute approximate surface area is 169 Å². The molecule has 1 aliphatic heterocycles. The van der Waals surface area contributed by atoms with Crippen molar-refractivity contribution in [3.8, 4) is 0 Å². The zero-order chi connectivity index (χ0) is 19.4. The van der Waals surface area contributed by atoms with Crippen molar-refractivity contribution in [3.05, 3.63) is 60.2 Å². The maximum atomic E-state index is 11.9. The fourth-order valence-corrected chi connectivity index (χ4v) is 12.2. The van der Waals surface area contributed by atoms with Crippen molar-refractivity contribution in [2.45, 2.75) is 55.9 Å². The molecule has 0 saturated carbocycles. The number of ether oxygens (including phenoxy) is 1. The Morgan fingerprint density at radius 2 is 1.81 bits per heavy atom. The van der Waals surface area contributed by atoms with E-state index in [4.69, 9.17) is 4.74 Å². The molecular weight excluding hydrogens is 419 g/mol. The predicted molar refractivity (Wildman–Crippen MR) is 114 cm³/mol. The Morgan fingerprint density at radius 3 is 2.44 bits per heavy atom. The molecule has 3 rings (SSSR count). The molecule has 0 bridgehead atoms. The van der Waals surface area contributed by atoms with Gasteiger partial charge in [-0.05, 0) is 0 Å². The molecule has 144 valence electrons. The Hall–Kier alpha value is -1.39. The van der Waals surface area contributed by atoms with Crippen molar-refractivity contribution in [1.82, 2.24) is 0 Å². The van der Waals surface area contributed by atoms with Crippen LogP contribution in [0, 0.1) is 0 Å². The van der Waals surface area contributed by atoms with Gasteiger partial charge in [0.2, 0.25) is 0 Å². The predicted octanol–water partition coefficient (Wildman–Crippen LogP) is 3.11. The minimum absolute atomic E-state index is 0.00815. The van der Waals surface area contributed by atoms with Crippen LogP contribution in [0.5, 0.6) is 0 Å². The van der Waals surface area contributed by atoms with Crippen molar-refractivity contribution in [2.75, 3.05) is 0 Å². The molecule has 0 aliphatic carbocycles. The molecule has 1 aliphatic rings. The molecule has 27 heavy (non-hydrogen) atoms. The normalized spacial score (nSPS) is 19.6. The first-order valence-corrected chi connectivity index (χ1v) is 14.5. The second kappa shape index (κ2) is 8.74. The molecule has 1 saturated heterocycles. The van der Waals surface area contributed by atoms with Gasteiger partial charge in [0.15, 0.2) is 0 Å². The van der Waals surface area contributed by atoms with Crippen LogP contribution in [0.1, 0.15) is 37.9 Å². The number of aliphatic hydroxyl groups excluding tert-OH is 1. The maximum absolute atomic E-state index is 11.9. The van der Waals surface area contributed by atoms with Crippen LogP contribution in [0.2, 0.25) is 17.5 Å². The third kappa shape index (κ3) is 4.54. The first-order chi connectivity index (χ1) is 12.9. The van der Waals surface area contributed by atoms with Gasteiger partial charge in [-0.1, -0.05) is 0 Å². The Morgan fingerprint density at radius 1 is 1.15 bits per heavy atom. The Bertz CT molecular complexity index is 778. The van der Waals surface area contributed by atoms with E-state index in [0.717, 1.165) is 12.0 Å². The molecule has 0 aromatic heterocycles. The summed E-state index contributed by atoms with van der Waals surface area (Å²) in [6, 6.07) is 18.9. The van der Waals surface area contributed by atoms with Crippen LogP contribution < -0.4 is 9.65 Å². The molecule has 5 heteroatoms. The summed E-state index contributed by atoms with van der Waals surface area (Å²) in [5.41, 5.74) is 1.03. The van der Waals surface area contributed by atoms with Crippen molar-refractivity contribution < 1.29 is 14.6 Å². The number of hydrogen-bond donors (Lipinski definition) is 1. The van der Waals surface area contributed by atoms with Crippen molar-refractivity contribution in [2.24, 2.45) is 0 Å². The van der Waals surface area contributed by atoms with Gasteiger partial charge in [0.05, 0.1) is 0 Å². The van der Waals surface area contributed by atoms with Gasteiger partial charge in [-0.3, -0.25) is 0 Å². The third-order valence-electron chi connectivity index (χ3n) is 5.40. The molecule has 2 aromatic carbocycles. The van der Waals surface area contributed by atoms with Crippen LogP contribution in [0.15, 0.2) is 54.6 Å². The van der Waals surface area contributed by atoms with Gasteiger partial charge in [0.25, 0.3) is 0 Å². The van der Waals surface area contributed by atoms with Crippen LogP contribution >= 0.6 is 0 Å². The molecule has 2 aromatic rings. The summed E-state index contributed by atoms with van der Waals surface area (Å²) in [6.45, 7) is 6.78. The topological polar surface area (TPSA) is 46.5 Å². The van der Waals surface area contributed by atoms with Gasteiger partial charge < -0.3 is 0 Å². The second-order valence-corrected chi connectivity index (χ2v) is 15.7. The molecular formula is C22H28O3SeSi. The molecule has 0 amide bonds. The number of carbonyl (C=O) groups is 1. The van der Waals surface area contributed by atoms with Crippen LogP contribution in [-0.2, 0) is 9.53 Å². The molecule has 3 nitrogen and oxygen atoms in total. The van der Waals surface area contributed by atoms with E-state index >= 15 is 0 Å². The number of benzene rings is 2. The zero-order valence-corrected chi connectivity index (χ0v) is 18.9. The molecule has 0 spiro atoms.